The number of aryl methyl sites for hydroxylation is 1. The Bertz CT molecular complexity index is 672. The van der Waals surface area contributed by atoms with Gasteiger partial charge < -0.3 is 0 Å². The minimum Gasteiger partial charge on any atom is -0.0840 e. The standard InChI is InChI=1S/C20H24Cl2/c1-12(2)17-9-7-16(15(5)20(17)22)11-14(4)18-8-6-13(3)10-19(18)21/h6-10,12,14H,11H2,1-5H3. The van der Waals surface area contributed by atoms with Crippen LogP contribution in [-0.2, 0) is 6.42 Å². The van der Waals surface area contributed by atoms with Crippen molar-refractivity contribution in [1.82, 2.24) is 0 Å². The van der Waals surface area contributed by atoms with E-state index in [4.69, 9.17) is 23.2 Å². The van der Waals surface area contributed by atoms with Gasteiger partial charge in [0.1, 0.15) is 0 Å². The second kappa shape index (κ2) is 7.06. The number of benzene rings is 2. The Morgan fingerprint density at radius 2 is 1.55 bits per heavy atom. The fraction of sp³-hybridized carbons (Fsp3) is 0.400. The molecule has 2 heteroatoms. The molecule has 0 aromatic heterocycles. The molecule has 2 aromatic carbocycles. The van der Waals surface area contributed by atoms with Crippen LogP contribution in [0.3, 0.4) is 0 Å². The van der Waals surface area contributed by atoms with Gasteiger partial charge in [-0.1, -0.05) is 68.2 Å². The molecule has 0 aliphatic heterocycles. The SMILES string of the molecule is Cc1ccc(C(C)Cc2ccc(C(C)C)c(Cl)c2C)c(Cl)c1. The highest BCUT2D eigenvalue weighted by Crippen LogP contribution is 2.33. The smallest absolute Gasteiger partial charge is 0.0472 e. The van der Waals surface area contributed by atoms with Crippen molar-refractivity contribution < 1.29 is 0 Å². The molecule has 1 unspecified atom stereocenters. The van der Waals surface area contributed by atoms with Gasteiger partial charge in [0.25, 0.3) is 0 Å². The van der Waals surface area contributed by atoms with E-state index in [2.05, 4.69) is 58.9 Å². The Balaban J connectivity index is 2.29. The van der Waals surface area contributed by atoms with Crippen molar-refractivity contribution in [1.29, 1.82) is 0 Å². The van der Waals surface area contributed by atoms with E-state index >= 15 is 0 Å². The maximum atomic E-state index is 6.55. The first-order valence-corrected chi connectivity index (χ1v) is 8.60. The van der Waals surface area contributed by atoms with Crippen LogP contribution in [0, 0.1) is 13.8 Å². The molecule has 2 rings (SSSR count). The van der Waals surface area contributed by atoms with Gasteiger partial charge in [-0.2, -0.15) is 0 Å². The van der Waals surface area contributed by atoms with Crippen LogP contribution in [-0.4, -0.2) is 0 Å². The van der Waals surface area contributed by atoms with Gasteiger partial charge in [0, 0.05) is 10.0 Å². The number of rotatable bonds is 4. The molecule has 0 saturated heterocycles. The molecule has 118 valence electrons. The van der Waals surface area contributed by atoms with Crippen LogP contribution in [0.1, 0.15) is 60.4 Å². The highest BCUT2D eigenvalue weighted by Gasteiger charge is 2.15. The van der Waals surface area contributed by atoms with Gasteiger partial charge in [0.15, 0.2) is 0 Å². The van der Waals surface area contributed by atoms with Crippen molar-refractivity contribution in [3.8, 4) is 0 Å². The van der Waals surface area contributed by atoms with E-state index in [0.29, 0.717) is 11.8 Å². The zero-order valence-corrected chi connectivity index (χ0v) is 15.5. The summed E-state index contributed by atoms with van der Waals surface area (Å²) in [5, 5.41) is 1.77. The predicted molar refractivity (Wildman–Crippen MR) is 98.6 cm³/mol. The van der Waals surface area contributed by atoms with Crippen LogP contribution >= 0.6 is 23.2 Å². The quantitative estimate of drug-likeness (QED) is 0.560. The second-order valence-corrected chi connectivity index (χ2v) is 7.32. The van der Waals surface area contributed by atoms with Gasteiger partial charge in [-0.25, -0.2) is 0 Å². The molecule has 0 heterocycles. The molecular formula is C20H24Cl2. The Hall–Kier alpha value is -0.980. The summed E-state index contributed by atoms with van der Waals surface area (Å²) < 4.78 is 0. The van der Waals surface area contributed by atoms with E-state index < -0.39 is 0 Å². The van der Waals surface area contributed by atoms with Crippen LogP contribution in [0.4, 0.5) is 0 Å². The molecule has 0 N–H and O–H groups in total. The lowest BCUT2D eigenvalue weighted by Gasteiger charge is -2.18. The molecule has 2 aromatic rings. The third-order valence-corrected chi connectivity index (χ3v) is 5.19. The van der Waals surface area contributed by atoms with Gasteiger partial charge in [-0.15, -0.1) is 0 Å². The highest BCUT2D eigenvalue weighted by molar-refractivity contribution is 6.32. The van der Waals surface area contributed by atoms with Gasteiger partial charge in [0.05, 0.1) is 0 Å². The Morgan fingerprint density at radius 3 is 2.14 bits per heavy atom. The zero-order chi connectivity index (χ0) is 16.4. The summed E-state index contributed by atoms with van der Waals surface area (Å²) in [5.41, 5.74) is 6.13. The molecule has 0 aliphatic carbocycles. The van der Waals surface area contributed by atoms with Crippen LogP contribution in [0.15, 0.2) is 30.3 Å². The zero-order valence-electron chi connectivity index (χ0n) is 14.0. The van der Waals surface area contributed by atoms with Crippen molar-refractivity contribution in [2.75, 3.05) is 0 Å². The highest BCUT2D eigenvalue weighted by atomic mass is 35.5. The summed E-state index contributed by atoms with van der Waals surface area (Å²) in [5.74, 6) is 0.817. The first kappa shape index (κ1) is 17.4. The molecule has 0 bridgehead atoms. The fourth-order valence-electron chi connectivity index (χ4n) is 2.88. The average Bonchev–Trinajstić information content (AvgIpc) is 2.43. The van der Waals surface area contributed by atoms with Gasteiger partial charge in [-0.3, -0.25) is 0 Å². The van der Waals surface area contributed by atoms with Gasteiger partial charge in [-0.05, 0) is 66.0 Å². The van der Waals surface area contributed by atoms with Crippen LogP contribution < -0.4 is 0 Å². The Kier molecular flexibility index (Phi) is 5.58. The molecule has 0 aliphatic rings. The molecule has 0 nitrogen and oxygen atoms in total. The number of hydrogen-bond donors (Lipinski definition) is 0. The van der Waals surface area contributed by atoms with E-state index in [1.54, 1.807) is 0 Å². The Labute approximate surface area is 144 Å². The van der Waals surface area contributed by atoms with E-state index in [1.807, 2.05) is 6.07 Å². The van der Waals surface area contributed by atoms with Gasteiger partial charge >= 0.3 is 0 Å². The molecule has 0 fully saturated rings. The second-order valence-electron chi connectivity index (χ2n) is 6.54. The molecule has 0 saturated carbocycles. The third kappa shape index (κ3) is 3.67. The fourth-order valence-corrected chi connectivity index (χ4v) is 3.71. The van der Waals surface area contributed by atoms with Gasteiger partial charge in [0.2, 0.25) is 0 Å². The predicted octanol–water partition coefficient (Wildman–Crippen LogP) is 7.08. The van der Waals surface area contributed by atoms with E-state index in [0.717, 1.165) is 16.5 Å². The van der Waals surface area contributed by atoms with Crippen molar-refractivity contribution >= 4 is 23.2 Å². The minimum atomic E-state index is 0.368. The van der Waals surface area contributed by atoms with E-state index in [1.165, 1.54) is 27.8 Å². The first-order chi connectivity index (χ1) is 10.3. The molecule has 1 atom stereocenters. The largest absolute Gasteiger partial charge is 0.0840 e. The number of halogens is 2. The van der Waals surface area contributed by atoms with Crippen LogP contribution in [0.25, 0.3) is 0 Å². The summed E-state index contributed by atoms with van der Waals surface area (Å²) in [7, 11) is 0. The Morgan fingerprint density at radius 1 is 0.909 bits per heavy atom. The summed E-state index contributed by atoms with van der Waals surface area (Å²) in [4.78, 5) is 0. The monoisotopic (exact) mass is 334 g/mol. The minimum absolute atomic E-state index is 0.368. The first-order valence-electron chi connectivity index (χ1n) is 7.85. The van der Waals surface area contributed by atoms with Crippen LogP contribution in [0.5, 0.6) is 0 Å². The lowest BCUT2D eigenvalue weighted by atomic mass is 9.89. The van der Waals surface area contributed by atoms with Crippen molar-refractivity contribution in [2.45, 2.75) is 52.9 Å². The lowest BCUT2D eigenvalue weighted by Crippen LogP contribution is -2.03. The molecule has 0 radical (unpaired) electrons. The molecular weight excluding hydrogens is 311 g/mol. The van der Waals surface area contributed by atoms with Crippen molar-refractivity contribution in [3.05, 3.63) is 68.2 Å². The molecule has 0 spiro atoms. The van der Waals surface area contributed by atoms with Crippen LogP contribution in [0.2, 0.25) is 10.0 Å². The molecule has 0 amide bonds. The maximum absolute atomic E-state index is 6.55. The summed E-state index contributed by atoms with van der Waals surface area (Å²) in [6.07, 6.45) is 0.951. The maximum Gasteiger partial charge on any atom is 0.0472 e. The summed E-state index contributed by atoms with van der Waals surface area (Å²) in [6, 6.07) is 10.7. The van der Waals surface area contributed by atoms with E-state index in [9.17, 15) is 0 Å². The lowest BCUT2D eigenvalue weighted by molar-refractivity contribution is 0.753. The van der Waals surface area contributed by atoms with Crippen molar-refractivity contribution in [2.24, 2.45) is 0 Å². The average molecular weight is 335 g/mol. The molecule has 22 heavy (non-hydrogen) atoms. The van der Waals surface area contributed by atoms with E-state index in [-0.39, 0.29) is 0 Å². The third-order valence-electron chi connectivity index (χ3n) is 4.36. The van der Waals surface area contributed by atoms with Crippen molar-refractivity contribution in [3.63, 3.8) is 0 Å². The summed E-state index contributed by atoms with van der Waals surface area (Å²) in [6.45, 7) is 10.8. The normalized spacial score (nSPS) is 12.7. The topological polar surface area (TPSA) is 0 Å². The summed E-state index contributed by atoms with van der Waals surface area (Å²) >= 11 is 13.0. The number of hydrogen-bond acceptors (Lipinski definition) is 0.